The lowest BCUT2D eigenvalue weighted by atomic mass is 9.99. The van der Waals surface area contributed by atoms with E-state index in [-0.39, 0.29) is 56.1 Å². The van der Waals surface area contributed by atoms with Gasteiger partial charge in [0, 0.05) is 47.0 Å². The van der Waals surface area contributed by atoms with Gasteiger partial charge in [0.15, 0.2) is 5.96 Å². The molecule has 1 saturated heterocycles. The Morgan fingerprint density at radius 1 is 0.774 bits per heavy atom. The number of benzene rings is 3. The van der Waals surface area contributed by atoms with Crippen molar-refractivity contribution in [2.75, 3.05) is 12.3 Å². The van der Waals surface area contributed by atoms with Crippen LogP contribution in [-0.2, 0) is 62.4 Å². The number of carbonyl (C=O) groups excluding carboxylic acids is 8. The number of halogens is 3. The monoisotopic (exact) mass is 1220 g/mol. The maximum absolute atomic E-state index is 14.9. The minimum absolute atomic E-state index is 0.00282. The summed E-state index contributed by atoms with van der Waals surface area (Å²) in [5.74, 6) is -10.9. The van der Waals surface area contributed by atoms with E-state index in [9.17, 15) is 66.8 Å². The van der Waals surface area contributed by atoms with Gasteiger partial charge in [0.25, 0.3) is 0 Å². The minimum atomic E-state index is -5.08. The SMILES string of the molecule is C[C@@H](O)[C@H](NC(=O)[C@H]1NC(=O)[C@H]([C@@H](C)O)NC(=O)[C@H](CCCN=C(N)N)NC(=O)[C@@H](Cc2c[nH]c3ccccc23)NC(=O)[C@H](Cc2ccc(O)cc2)NC(=O)[C@@H](NC(=O)[C@H](N)Cc2ccccc2)CSSC1(C)C)C(N)=O.O=C(O)C(F)(F)F. The quantitative estimate of drug-likeness (QED) is 0.0254. The number of amides is 8. The second-order valence-electron chi connectivity index (χ2n) is 20.0. The van der Waals surface area contributed by atoms with Crippen LogP contribution in [0.25, 0.3) is 10.9 Å². The highest BCUT2D eigenvalue weighted by Gasteiger charge is 2.43. The van der Waals surface area contributed by atoms with Crippen molar-refractivity contribution in [1.82, 2.24) is 42.2 Å². The number of H-pyrrole nitrogens is 1. The fourth-order valence-corrected chi connectivity index (χ4v) is 11.0. The molecule has 1 fully saturated rings. The molecule has 0 unspecified atom stereocenters. The number of aliphatic hydroxyl groups excluding tert-OH is 2. The van der Waals surface area contributed by atoms with E-state index in [1.54, 1.807) is 54.7 Å². The lowest BCUT2D eigenvalue weighted by Gasteiger charge is -2.36. The topological polar surface area (TPSA) is 451 Å². The zero-order valence-electron chi connectivity index (χ0n) is 46.0. The molecule has 8 amide bonds. The number of nitrogens with two attached hydrogens (primary N) is 4. The molecule has 1 aliphatic heterocycles. The Morgan fingerprint density at radius 3 is 1.93 bits per heavy atom. The highest BCUT2D eigenvalue weighted by atomic mass is 33.1. The zero-order valence-corrected chi connectivity index (χ0v) is 47.6. The van der Waals surface area contributed by atoms with Gasteiger partial charge in [0.2, 0.25) is 47.3 Å². The Balaban J connectivity index is 0.00000203. The molecule has 1 aromatic heterocycles. The van der Waals surface area contributed by atoms with Crippen LogP contribution in [0.2, 0.25) is 0 Å². The van der Waals surface area contributed by atoms with Gasteiger partial charge in [0.05, 0.1) is 18.2 Å². The number of rotatable bonds is 17. The van der Waals surface area contributed by atoms with Gasteiger partial charge >= 0.3 is 12.1 Å². The summed E-state index contributed by atoms with van der Waals surface area (Å²) in [6.45, 7) is 5.45. The number of phenolic OH excluding ortho intramolecular Hbond substituents is 1. The van der Waals surface area contributed by atoms with Gasteiger partial charge in [-0.25, -0.2) is 4.79 Å². The fraction of sp³-hybridized carbons (Fsp3) is 0.434. The van der Waals surface area contributed by atoms with E-state index < -0.39 is 125 Å². The molecule has 4 aromatic rings. The summed E-state index contributed by atoms with van der Waals surface area (Å²) < 4.78 is 30.3. The van der Waals surface area contributed by atoms with E-state index in [4.69, 9.17) is 32.8 Å². The molecule has 2 heterocycles. The van der Waals surface area contributed by atoms with Gasteiger partial charge in [-0.15, -0.1) is 0 Å². The highest BCUT2D eigenvalue weighted by molar-refractivity contribution is 8.77. The van der Waals surface area contributed by atoms with E-state index in [1.165, 1.54) is 52.0 Å². The largest absolute Gasteiger partial charge is 0.508 e. The van der Waals surface area contributed by atoms with Crippen LogP contribution in [0, 0.1) is 0 Å². The second kappa shape index (κ2) is 31.5. The summed E-state index contributed by atoms with van der Waals surface area (Å²) in [5.41, 5.74) is 25.5. The lowest BCUT2D eigenvalue weighted by molar-refractivity contribution is -0.192. The number of guanidine groups is 1. The first kappa shape index (κ1) is 68.4. The molecule has 20 N–H and O–H groups in total. The van der Waals surface area contributed by atoms with Crippen molar-refractivity contribution in [3.63, 3.8) is 0 Å². The Morgan fingerprint density at radius 2 is 1.35 bits per heavy atom. The number of aliphatic imine (C=N–C) groups is 1. The molecular formula is C53H70F3N13O13S2. The van der Waals surface area contributed by atoms with Crippen LogP contribution >= 0.6 is 21.6 Å². The average Bonchev–Trinajstić information content (AvgIpc) is 3.02. The fourth-order valence-electron chi connectivity index (χ4n) is 8.23. The van der Waals surface area contributed by atoms with Crippen LogP contribution in [-0.4, -0.2) is 168 Å². The van der Waals surface area contributed by atoms with Crippen LogP contribution in [0.15, 0.2) is 90.1 Å². The number of aliphatic hydroxyl groups is 2. The summed E-state index contributed by atoms with van der Waals surface area (Å²) in [6, 6.07) is 9.79. The number of phenols is 1. The van der Waals surface area contributed by atoms with Gasteiger partial charge in [-0.1, -0.05) is 82.3 Å². The number of primary amides is 1. The summed E-state index contributed by atoms with van der Waals surface area (Å²) in [7, 11) is 1.92. The molecule has 0 aliphatic carbocycles. The molecule has 1 aliphatic rings. The Kier molecular flexibility index (Phi) is 25.6. The van der Waals surface area contributed by atoms with E-state index >= 15 is 0 Å². The van der Waals surface area contributed by atoms with Crippen LogP contribution in [0.4, 0.5) is 13.2 Å². The number of carbonyl (C=O) groups is 9. The smallest absolute Gasteiger partial charge is 0.490 e. The number of aromatic amines is 1. The number of carboxylic acid groups (broad SMARTS) is 1. The third-order valence-corrected chi connectivity index (χ3v) is 16.0. The molecule has 0 spiro atoms. The number of nitrogens with one attached hydrogen (secondary N) is 8. The van der Waals surface area contributed by atoms with Crippen LogP contribution < -0.4 is 60.2 Å². The zero-order chi connectivity index (χ0) is 62.6. The van der Waals surface area contributed by atoms with Crippen LogP contribution in [0.1, 0.15) is 57.2 Å². The molecule has 26 nitrogen and oxygen atoms in total. The van der Waals surface area contributed by atoms with E-state index in [0.29, 0.717) is 22.0 Å². The summed E-state index contributed by atoms with van der Waals surface area (Å²) in [4.78, 5) is 130. The Bertz CT molecular complexity index is 2970. The lowest BCUT2D eigenvalue weighted by Crippen LogP contribution is -2.65. The molecule has 0 radical (unpaired) electrons. The molecule has 0 bridgehead atoms. The van der Waals surface area contributed by atoms with E-state index in [1.807, 2.05) is 6.07 Å². The first-order valence-corrected chi connectivity index (χ1v) is 28.3. The number of carboxylic acids is 1. The molecule has 10 atom stereocenters. The number of alkyl halides is 3. The maximum Gasteiger partial charge on any atom is 0.490 e. The number of fused-ring (bicyclic) bond motifs is 1. The molecule has 458 valence electrons. The van der Waals surface area contributed by atoms with Gasteiger partial charge in [-0.05, 0) is 81.8 Å². The minimum Gasteiger partial charge on any atom is -0.508 e. The first-order chi connectivity index (χ1) is 39.4. The molecule has 0 saturated carbocycles. The third-order valence-electron chi connectivity index (χ3n) is 12.7. The van der Waals surface area contributed by atoms with Crippen molar-refractivity contribution < 1.29 is 76.7 Å². The number of nitrogens with zero attached hydrogens (tertiary/aromatic N) is 1. The normalized spacial score (nSPS) is 21.6. The third kappa shape index (κ3) is 21.2. The van der Waals surface area contributed by atoms with Crippen LogP contribution in [0.5, 0.6) is 5.75 Å². The van der Waals surface area contributed by atoms with Gasteiger partial charge in [-0.2, -0.15) is 13.2 Å². The van der Waals surface area contributed by atoms with Crippen molar-refractivity contribution >= 4 is 91.7 Å². The number of hydrogen-bond acceptors (Lipinski definition) is 16. The van der Waals surface area contributed by atoms with Crippen molar-refractivity contribution in [3.8, 4) is 5.75 Å². The number of para-hydroxylation sites is 1. The van der Waals surface area contributed by atoms with Crippen molar-refractivity contribution in [2.45, 2.75) is 131 Å². The summed E-state index contributed by atoms with van der Waals surface area (Å²) >= 11 is 0. The predicted molar refractivity (Wildman–Crippen MR) is 306 cm³/mol. The Labute approximate surface area is 487 Å². The van der Waals surface area contributed by atoms with Gasteiger partial charge in [0.1, 0.15) is 48.0 Å². The predicted octanol–water partition coefficient (Wildman–Crippen LogP) is -1.27. The number of aromatic hydroxyl groups is 1. The Hall–Kier alpha value is -8.13. The molecule has 31 heteroatoms. The standard InChI is InChI=1S/C51H69N13O11S2.C2HF3O2/c1-26(65)39(42(53)68)62-49(75)41-51(3,4)77-76-25-38(61-43(69)33(52)21-28-11-6-5-7-12-28)47(73)59-36(22-29-16-18-31(67)19-17-29)45(71)60-37(23-30-24-57-34-14-9-8-13-32(30)34)46(72)58-35(15-10-20-56-50(54)55)44(70)63-40(27(2)66)48(74)64-41;3-2(4,5)1(6)7/h5-9,11-14,16-19,24,26-27,33,35-41,57,65-67H,10,15,20-23,25,52H2,1-4H3,(H2,53,68)(H,58,72)(H,59,73)(H,60,71)(H,61,69)(H,62,75)(H,63,70)(H,64,74)(H4,54,55,56);(H,6,7)/t26-,27-,33-,35+,36+,37-,38+,39+,40+,41-;/m1./s1. The second-order valence-corrected chi connectivity index (χ2v) is 23.0. The molecule has 3 aromatic carbocycles. The number of aliphatic carboxylic acids is 1. The number of hydrogen-bond donors (Lipinski definition) is 16. The summed E-state index contributed by atoms with van der Waals surface area (Å²) in [5, 5.41) is 57.8. The van der Waals surface area contributed by atoms with E-state index in [2.05, 4.69) is 47.2 Å². The van der Waals surface area contributed by atoms with Gasteiger partial charge in [-0.3, -0.25) is 43.3 Å². The number of aromatic nitrogens is 1. The van der Waals surface area contributed by atoms with Crippen molar-refractivity contribution in [1.29, 1.82) is 0 Å². The average molecular weight is 1220 g/mol. The van der Waals surface area contributed by atoms with Crippen molar-refractivity contribution in [3.05, 3.63) is 102 Å². The highest BCUT2D eigenvalue weighted by Crippen LogP contribution is 2.39. The van der Waals surface area contributed by atoms with Crippen LogP contribution in [0.3, 0.4) is 0 Å². The van der Waals surface area contributed by atoms with Crippen molar-refractivity contribution in [2.24, 2.45) is 27.9 Å². The molecule has 5 rings (SSSR count). The van der Waals surface area contributed by atoms with Gasteiger partial charge < -0.3 is 85.6 Å². The first-order valence-electron chi connectivity index (χ1n) is 25.9. The van der Waals surface area contributed by atoms with E-state index in [0.717, 1.165) is 27.2 Å². The molecular weight excluding hydrogens is 1150 g/mol. The maximum atomic E-state index is 14.9. The molecule has 84 heavy (non-hydrogen) atoms. The summed E-state index contributed by atoms with van der Waals surface area (Å²) in [6.07, 6.45) is -6.91.